The van der Waals surface area contributed by atoms with Gasteiger partial charge >= 0.3 is 0 Å². The molecular weight excluding hydrogens is 228 g/mol. The van der Waals surface area contributed by atoms with Gasteiger partial charge in [0.05, 0.1) is 12.4 Å². The molecule has 2 atom stereocenters. The molecule has 1 aliphatic rings. The van der Waals surface area contributed by atoms with Crippen LogP contribution in [0.1, 0.15) is 26.2 Å². The molecule has 2 heterocycles. The van der Waals surface area contributed by atoms with Gasteiger partial charge in [-0.1, -0.05) is 13.3 Å². The smallest absolute Gasteiger partial charge is 0.237 e. The lowest BCUT2D eigenvalue weighted by Crippen LogP contribution is -2.47. The van der Waals surface area contributed by atoms with Crippen molar-refractivity contribution < 1.29 is 4.79 Å². The van der Waals surface area contributed by atoms with E-state index in [-0.39, 0.29) is 11.9 Å². The summed E-state index contributed by atoms with van der Waals surface area (Å²) < 4.78 is 2.04. The van der Waals surface area contributed by atoms with Crippen LogP contribution in [0, 0.1) is 5.92 Å². The molecule has 0 bridgehead atoms. The van der Waals surface area contributed by atoms with Crippen molar-refractivity contribution in [3.8, 4) is 0 Å². The Labute approximate surface area is 108 Å². The molecule has 0 radical (unpaired) electrons. The van der Waals surface area contributed by atoms with Gasteiger partial charge in [0, 0.05) is 25.5 Å². The van der Waals surface area contributed by atoms with E-state index in [4.69, 9.17) is 0 Å². The Balaban J connectivity index is 1.68. The molecule has 18 heavy (non-hydrogen) atoms. The Hall–Kier alpha value is -1.36. The minimum atomic E-state index is 0.0131. The fraction of sp³-hybridized carbons (Fsp3) is 0.692. The first-order chi connectivity index (χ1) is 8.75. The van der Waals surface area contributed by atoms with Crippen LogP contribution >= 0.6 is 0 Å². The second kappa shape index (κ2) is 6.54. The first kappa shape index (κ1) is 13.1. The first-order valence-electron chi connectivity index (χ1n) is 6.72. The minimum absolute atomic E-state index is 0.0131. The molecule has 5 heteroatoms. The highest BCUT2D eigenvalue weighted by atomic mass is 16.2. The SMILES string of the molecule is CC(CNC(=O)[C@H]1CCCCN1)Cn1ccnc1. The molecule has 0 aromatic carbocycles. The molecule has 0 aliphatic carbocycles. The summed E-state index contributed by atoms with van der Waals surface area (Å²) in [6.07, 6.45) is 8.82. The number of carbonyl (C=O) groups is 1. The Morgan fingerprint density at radius 2 is 2.50 bits per heavy atom. The van der Waals surface area contributed by atoms with Crippen molar-refractivity contribution in [2.75, 3.05) is 13.1 Å². The molecule has 1 fully saturated rings. The summed E-state index contributed by atoms with van der Waals surface area (Å²) in [6.45, 7) is 4.70. The maximum Gasteiger partial charge on any atom is 0.237 e. The molecule has 2 rings (SSSR count). The zero-order chi connectivity index (χ0) is 12.8. The van der Waals surface area contributed by atoms with Gasteiger partial charge in [0.1, 0.15) is 0 Å². The van der Waals surface area contributed by atoms with Gasteiger partial charge < -0.3 is 15.2 Å². The lowest BCUT2D eigenvalue weighted by atomic mass is 10.0. The van der Waals surface area contributed by atoms with Gasteiger partial charge in [-0.15, -0.1) is 0 Å². The normalized spacial score (nSPS) is 21.5. The maximum atomic E-state index is 11.9. The zero-order valence-corrected chi connectivity index (χ0v) is 10.9. The Bertz CT molecular complexity index is 357. The fourth-order valence-electron chi connectivity index (χ4n) is 2.29. The van der Waals surface area contributed by atoms with Crippen molar-refractivity contribution >= 4 is 5.91 Å². The number of amides is 1. The lowest BCUT2D eigenvalue weighted by molar-refractivity contribution is -0.123. The van der Waals surface area contributed by atoms with E-state index in [0.29, 0.717) is 5.92 Å². The van der Waals surface area contributed by atoms with Crippen molar-refractivity contribution in [1.82, 2.24) is 20.2 Å². The summed E-state index contributed by atoms with van der Waals surface area (Å²) in [5, 5.41) is 6.29. The summed E-state index contributed by atoms with van der Waals surface area (Å²) >= 11 is 0. The predicted octanol–water partition coefficient (Wildman–Crippen LogP) is 0.778. The van der Waals surface area contributed by atoms with Crippen molar-refractivity contribution in [1.29, 1.82) is 0 Å². The van der Waals surface area contributed by atoms with Gasteiger partial charge in [-0.05, 0) is 25.3 Å². The van der Waals surface area contributed by atoms with Crippen LogP contribution in [-0.2, 0) is 11.3 Å². The number of rotatable bonds is 5. The van der Waals surface area contributed by atoms with Crippen molar-refractivity contribution in [3.05, 3.63) is 18.7 Å². The van der Waals surface area contributed by atoms with Crippen LogP contribution in [0.3, 0.4) is 0 Å². The van der Waals surface area contributed by atoms with E-state index >= 15 is 0 Å². The lowest BCUT2D eigenvalue weighted by Gasteiger charge is -2.23. The van der Waals surface area contributed by atoms with Crippen LogP contribution < -0.4 is 10.6 Å². The van der Waals surface area contributed by atoms with Gasteiger partial charge in [0.2, 0.25) is 5.91 Å². The predicted molar refractivity (Wildman–Crippen MR) is 70.0 cm³/mol. The third kappa shape index (κ3) is 3.84. The van der Waals surface area contributed by atoms with Crippen molar-refractivity contribution in [2.45, 2.75) is 38.8 Å². The van der Waals surface area contributed by atoms with Gasteiger partial charge in [0.25, 0.3) is 0 Å². The second-order valence-electron chi connectivity index (χ2n) is 5.11. The summed E-state index contributed by atoms with van der Waals surface area (Å²) in [5.41, 5.74) is 0. The van der Waals surface area contributed by atoms with Gasteiger partial charge in [0.15, 0.2) is 0 Å². The highest BCUT2D eigenvalue weighted by molar-refractivity contribution is 5.81. The van der Waals surface area contributed by atoms with Crippen LogP contribution in [0.25, 0.3) is 0 Å². The Morgan fingerprint density at radius 1 is 1.61 bits per heavy atom. The van der Waals surface area contributed by atoms with Gasteiger partial charge in [-0.3, -0.25) is 4.79 Å². The average Bonchev–Trinajstić information content (AvgIpc) is 2.90. The fourth-order valence-corrected chi connectivity index (χ4v) is 2.29. The van der Waals surface area contributed by atoms with E-state index in [0.717, 1.165) is 32.5 Å². The van der Waals surface area contributed by atoms with E-state index in [1.54, 1.807) is 12.5 Å². The quantitative estimate of drug-likeness (QED) is 0.812. The number of hydrogen-bond acceptors (Lipinski definition) is 3. The molecule has 0 spiro atoms. The highest BCUT2D eigenvalue weighted by Gasteiger charge is 2.20. The second-order valence-corrected chi connectivity index (χ2v) is 5.11. The summed E-state index contributed by atoms with van der Waals surface area (Å²) in [5.74, 6) is 0.555. The van der Waals surface area contributed by atoms with E-state index < -0.39 is 0 Å². The number of carbonyl (C=O) groups excluding carboxylic acids is 1. The molecule has 1 aromatic rings. The molecular formula is C13H22N4O. The molecule has 2 N–H and O–H groups in total. The standard InChI is InChI=1S/C13H22N4O/c1-11(9-17-7-6-14-10-17)8-16-13(18)12-4-2-3-5-15-12/h6-7,10-12,15H,2-5,8-9H2,1H3,(H,16,18)/t11?,12-/m1/s1. The maximum absolute atomic E-state index is 11.9. The van der Waals surface area contributed by atoms with Crippen LogP contribution in [0.15, 0.2) is 18.7 Å². The number of nitrogens with one attached hydrogen (secondary N) is 2. The zero-order valence-electron chi connectivity index (χ0n) is 10.9. The molecule has 5 nitrogen and oxygen atoms in total. The molecule has 1 aromatic heterocycles. The van der Waals surface area contributed by atoms with Crippen LogP contribution in [-0.4, -0.2) is 34.6 Å². The van der Waals surface area contributed by atoms with Gasteiger partial charge in [-0.25, -0.2) is 4.98 Å². The number of aromatic nitrogens is 2. The van der Waals surface area contributed by atoms with Crippen LogP contribution in [0.5, 0.6) is 0 Å². The van der Waals surface area contributed by atoms with E-state index in [1.807, 2.05) is 10.8 Å². The van der Waals surface area contributed by atoms with E-state index in [2.05, 4.69) is 22.5 Å². The van der Waals surface area contributed by atoms with E-state index in [1.165, 1.54) is 6.42 Å². The monoisotopic (exact) mass is 250 g/mol. The molecule has 1 saturated heterocycles. The number of nitrogens with zero attached hydrogens (tertiary/aromatic N) is 2. The largest absolute Gasteiger partial charge is 0.354 e. The Kier molecular flexibility index (Phi) is 4.75. The molecule has 100 valence electrons. The number of hydrogen-bond donors (Lipinski definition) is 2. The summed E-state index contributed by atoms with van der Waals surface area (Å²) in [6, 6.07) is 0.0131. The van der Waals surface area contributed by atoms with E-state index in [9.17, 15) is 4.79 Å². The minimum Gasteiger partial charge on any atom is -0.354 e. The number of imidazole rings is 1. The summed E-state index contributed by atoms with van der Waals surface area (Å²) in [7, 11) is 0. The third-order valence-corrected chi connectivity index (χ3v) is 3.33. The van der Waals surface area contributed by atoms with Crippen LogP contribution in [0.4, 0.5) is 0 Å². The topological polar surface area (TPSA) is 59.0 Å². The van der Waals surface area contributed by atoms with Crippen molar-refractivity contribution in [2.24, 2.45) is 5.92 Å². The average molecular weight is 250 g/mol. The first-order valence-corrected chi connectivity index (χ1v) is 6.72. The Morgan fingerprint density at radius 3 is 3.17 bits per heavy atom. The van der Waals surface area contributed by atoms with Crippen molar-refractivity contribution in [3.63, 3.8) is 0 Å². The van der Waals surface area contributed by atoms with Crippen LogP contribution in [0.2, 0.25) is 0 Å². The molecule has 0 saturated carbocycles. The summed E-state index contributed by atoms with van der Waals surface area (Å²) in [4.78, 5) is 15.9. The highest BCUT2D eigenvalue weighted by Crippen LogP contribution is 2.07. The third-order valence-electron chi connectivity index (χ3n) is 3.33. The van der Waals surface area contributed by atoms with Gasteiger partial charge in [-0.2, -0.15) is 0 Å². The molecule has 1 amide bonds. The molecule has 1 aliphatic heterocycles. The number of piperidine rings is 1. The molecule has 1 unspecified atom stereocenters.